The second-order valence-electron chi connectivity index (χ2n) is 7.36. The molecule has 0 aliphatic carbocycles. The first kappa shape index (κ1) is 20.0. The van der Waals surface area contributed by atoms with E-state index < -0.39 is 0 Å². The normalized spacial score (nSPS) is 13.5. The smallest absolute Gasteiger partial charge is 0.266 e. The molecule has 0 fully saturated rings. The quantitative estimate of drug-likeness (QED) is 0.659. The first-order valence-electron chi connectivity index (χ1n) is 9.26. The molecule has 0 saturated carbocycles. The third-order valence-electron chi connectivity index (χ3n) is 4.83. The molecular formula is C20H21N5O4S. The van der Waals surface area contributed by atoms with Crippen LogP contribution in [0.2, 0.25) is 0 Å². The Morgan fingerprint density at radius 1 is 1.37 bits per heavy atom. The van der Waals surface area contributed by atoms with Gasteiger partial charge in [-0.15, -0.1) is 11.3 Å². The number of amides is 2. The second-order valence-corrected chi connectivity index (χ2v) is 8.36. The average molecular weight is 427 g/mol. The van der Waals surface area contributed by atoms with Gasteiger partial charge in [-0.25, -0.2) is 4.98 Å². The topological polar surface area (TPSA) is 108 Å². The number of carbonyl (C=O) groups is 2. The van der Waals surface area contributed by atoms with Crippen LogP contribution in [0, 0.1) is 6.92 Å². The number of H-pyrrole nitrogens is 1. The van der Waals surface area contributed by atoms with Crippen molar-refractivity contribution in [3.05, 3.63) is 44.8 Å². The van der Waals surface area contributed by atoms with Crippen molar-refractivity contribution in [2.24, 2.45) is 0 Å². The van der Waals surface area contributed by atoms with E-state index in [9.17, 15) is 14.4 Å². The number of aryl methyl sites for hydroxylation is 1. The molecule has 3 heterocycles. The lowest BCUT2D eigenvalue weighted by Gasteiger charge is -2.26. The standard InChI is InChI=1S/C20H21N5O4S/c1-10-16-18(27)22-14(8-24(2)3)23-20(16)30-17(10)19(28)21-11-5-6-13-12(7-11)25(4)15(26)9-29-13/h5-7H,8-9H2,1-4H3,(H,21,28)(H,22,23,27). The van der Waals surface area contributed by atoms with Crippen molar-refractivity contribution >= 4 is 44.7 Å². The van der Waals surface area contributed by atoms with E-state index in [0.717, 1.165) is 0 Å². The van der Waals surface area contributed by atoms with Gasteiger partial charge in [-0.3, -0.25) is 14.4 Å². The molecule has 1 aliphatic heterocycles. The van der Waals surface area contributed by atoms with E-state index in [2.05, 4.69) is 15.3 Å². The number of likely N-dealkylation sites (N-methyl/N-ethyl adjacent to an activating group) is 1. The number of nitrogens with zero attached hydrogens (tertiary/aromatic N) is 3. The van der Waals surface area contributed by atoms with Gasteiger partial charge in [0.15, 0.2) is 6.61 Å². The van der Waals surface area contributed by atoms with Gasteiger partial charge in [0, 0.05) is 12.7 Å². The van der Waals surface area contributed by atoms with Gasteiger partial charge in [0.2, 0.25) is 0 Å². The minimum atomic E-state index is -0.338. The maximum atomic E-state index is 12.9. The highest BCUT2D eigenvalue weighted by Crippen LogP contribution is 2.34. The maximum Gasteiger partial charge on any atom is 0.266 e. The molecule has 0 spiro atoms. The number of benzene rings is 1. The van der Waals surface area contributed by atoms with E-state index in [1.54, 1.807) is 32.2 Å². The molecule has 2 aromatic heterocycles. The van der Waals surface area contributed by atoms with Crippen LogP contribution in [0.4, 0.5) is 11.4 Å². The van der Waals surface area contributed by atoms with Crippen LogP contribution in [0.3, 0.4) is 0 Å². The number of carbonyl (C=O) groups excluding carboxylic acids is 2. The van der Waals surface area contributed by atoms with Crippen LogP contribution in [0.1, 0.15) is 21.1 Å². The molecule has 2 amide bonds. The monoisotopic (exact) mass is 427 g/mol. The summed E-state index contributed by atoms with van der Waals surface area (Å²) >= 11 is 1.19. The molecule has 9 nitrogen and oxygen atoms in total. The van der Waals surface area contributed by atoms with Gasteiger partial charge in [-0.1, -0.05) is 0 Å². The maximum absolute atomic E-state index is 12.9. The molecule has 3 aromatic rings. The lowest BCUT2D eigenvalue weighted by molar-refractivity contribution is -0.120. The van der Waals surface area contributed by atoms with Crippen molar-refractivity contribution in [3.63, 3.8) is 0 Å². The number of aromatic nitrogens is 2. The van der Waals surface area contributed by atoms with Gasteiger partial charge in [0.05, 0.1) is 22.5 Å². The van der Waals surface area contributed by atoms with E-state index in [-0.39, 0.29) is 24.0 Å². The Balaban J connectivity index is 1.65. The number of rotatable bonds is 4. The third-order valence-corrected chi connectivity index (χ3v) is 6.01. The van der Waals surface area contributed by atoms with Crippen LogP contribution in [0.15, 0.2) is 23.0 Å². The Kier molecular flexibility index (Phi) is 5.04. The van der Waals surface area contributed by atoms with E-state index in [1.807, 2.05) is 19.0 Å². The van der Waals surface area contributed by atoms with Crippen molar-refractivity contribution in [2.45, 2.75) is 13.5 Å². The summed E-state index contributed by atoms with van der Waals surface area (Å²) in [5.41, 5.74) is 1.45. The summed E-state index contributed by atoms with van der Waals surface area (Å²) in [6.45, 7) is 2.23. The van der Waals surface area contributed by atoms with Gasteiger partial charge in [-0.2, -0.15) is 0 Å². The van der Waals surface area contributed by atoms with E-state index in [0.29, 0.717) is 50.2 Å². The minimum Gasteiger partial charge on any atom is -0.482 e. The van der Waals surface area contributed by atoms with Crippen LogP contribution in [0.25, 0.3) is 10.2 Å². The summed E-state index contributed by atoms with van der Waals surface area (Å²) in [5, 5.41) is 3.27. The zero-order valence-electron chi connectivity index (χ0n) is 17.0. The highest BCUT2D eigenvalue weighted by molar-refractivity contribution is 7.20. The van der Waals surface area contributed by atoms with Gasteiger partial charge in [-0.05, 0) is 44.8 Å². The van der Waals surface area contributed by atoms with E-state index >= 15 is 0 Å². The van der Waals surface area contributed by atoms with Gasteiger partial charge in [0.25, 0.3) is 17.4 Å². The largest absolute Gasteiger partial charge is 0.482 e. The Morgan fingerprint density at radius 2 is 2.13 bits per heavy atom. The molecule has 1 aliphatic rings. The first-order valence-corrected chi connectivity index (χ1v) is 10.1. The van der Waals surface area contributed by atoms with Gasteiger partial charge in [0.1, 0.15) is 16.4 Å². The molecule has 1 aromatic carbocycles. The third kappa shape index (κ3) is 3.55. The highest BCUT2D eigenvalue weighted by Gasteiger charge is 2.24. The summed E-state index contributed by atoms with van der Waals surface area (Å²) in [6, 6.07) is 5.11. The van der Waals surface area contributed by atoms with Gasteiger partial charge < -0.3 is 24.8 Å². The molecule has 0 bridgehead atoms. The molecule has 2 N–H and O–H groups in total. The summed E-state index contributed by atoms with van der Waals surface area (Å²) in [6.07, 6.45) is 0. The zero-order valence-corrected chi connectivity index (χ0v) is 17.8. The van der Waals surface area contributed by atoms with Crippen molar-refractivity contribution in [1.82, 2.24) is 14.9 Å². The Labute approximate surface area is 176 Å². The number of anilines is 2. The molecule has 0 unspecified atom stereocenters. The van der Waals surface area contributed by atoms with Crippen molar-refractivity contribution in [3.8, 4) is 5.75 Å². The number of thiophene rings is 1. The number of fused-ring (bicyclic) bond motifs is 2. The molecule has 0 radical (unpaired) electrons. The zero-order chi connectivity index (χ0) is 21.6. The number of hydrogen-bond acceptors (Lipinski definition) is 7. The molecule has 30 heavy (non-hydrogen) atoms. The predicted molar refractivity (Wildman–Crippen MR) is 116 cm³/mol. The van der Waals surface area contributed by atoms with Crippen LogP contribution in [-0.2, 0) is 11.3 Å². The summed E-state index contributed by atoms with van der Waals surface area (Å²) in [7, 11) is 5.43. The van der Waals surface area contributed by atoms with Crippen LogP contribution in [-0.4, -0.2) is 54.4 Å². The molecular weight excluding hydrogens is 406 g/mol. The molecule has 0 saturated heterocycles. The number of aromatic amines is 1. The second kappa shape index (κ2) is 7.54. The minimum absolute atomic E-state index is 0.00641. The van der Waals surface area contributed by atoms with Crippen LogP contribution < -0.4 is 20.5 Å². The van der Waals surface area contributed by atoms with E-state index in [1.165, 1.54) is 16.2 Å². The fraction of sp³-hybridized carbons (Fsp3) is 0.300. The average Bonchev–Trinajstić information content (AvgIpc) is 3.01. The summed E-state index contributed by atoms with van der Waals surface area (Å²) in [4.78, 5) is 49.0. The predicted octanol–water partition coefficient (Wildman–Crippen LogP) is 1.96. The van der Waals surface area contributed by atoms with Crippen molar-refractivity contribution in [1.29, 1.82) is 0 Å². The van der Waals surface area contributed by atoms with E-state index in [4.69, 9.17) is 4.74 Å². The Hall–Kier alpha value is -3.24. The van der Waals surface area contributed by atoms with Crippen LogP contribution in [0.5, 0.6) is 5.75 Å². The molecule has 156 valence electrons. The lowest BCUT2D eigenvalue weighted by Crippen LogP contribution is -2.35. The number of ether oxygens (including phenoxy) is 1. The van der Waals surface area contributed by atoms with Gasteiger partial charge >= 0.3 is 0 Å². The highest BCUT2D eigenvalue weighted by atomic mass is 32.1. The number of nitrogens with one attached hydrogen (secondary N) is 2. The fourth-order valence-corrected chi connectivity index (χ4v) is 4.41. The molecule has 4 rings (SSSR count). The summed E-state index contributed by atoms with van der Waals surface area (Å²) in [5.74, 6) is 0.630. The van der Waals surface area contributed by atoms with Crippen molar-refractivity contribution < 1.29 is 14.3 Å². The first-order chi connectivity index (χ1) is 14.2. The molecule has 0 atom stereocenters. The van der Waals surface area contributed by atoms with Crippen molar-refractivity contribution in [2.75, 3.05) is 38.0 Å². The summed E-state index contributed by atoms with van der Waals surface area (Å²) < 4.78 is 5.41. The van der Waals surface area contributed by atoms with Crippen LogP contribution >= 0.6 is 11.3 Å². The Morgan fingerprint density at radius 3 is 2.87 bits per heavy atom. The Bertz CT molecular complexity index is 1230. The number of hydrogen-bond donors (Lipinski definition) is 2. The SMILES string of the molecule is Cc1c(C(=O)Nc2ccc3c(c2)N(C)C(=O)CO3)sc2nc(CN(C)C)[nH]c(=O)c12. The molecule has 10 heteroatoms. The lowest BCUT2D eigenvalue weighted by atomic mass is 10.2. The fourth-order valence-electron chi connectivity index (χ4n) is 3.32.